The molecule has 0 aliphatic heterocycles. The molecule has 0 atom stereocenters. The molecule has 0 amide bonds. The summed E-state index contributed by atoms with van der Waals surface area (Å²) < 4.78 is 47.2. The third-order valence-corrected chi connectivity index (χ3v) is 6.87. The predicted molar refractivity (Wildman–Crippen MR) is 156 cm³/mol. The number of hydrogen-bond acceptors (Lipinski definition) is 10. The van der Waals surface area contributed by atoms with E-state index < -0.39 is 15.5 Å². The van der Waals surface area contributed by atoms with Crippen molar-refractivity contribution < 1.29 is 17.9 Å². The second-order valence-corrected chi connectivity index (χ2v) is 12.5. The van der Waals surface area contributed by atoms with Crippen molar-refractivity contribution in [1.82, 2.24) is 39.3 Å². The molecular weight excluding hydrogens is 594 g/mol. The normalized spacial score (nSPS) is 14.1. The fraction of sp³-hybridized carbons (Fsp3) is 0.308. The lowest BCUT2D eigenvalue weighted by molar-refractivity contribution is -0.140. The monoisotopic (exact) mass is 616 g/mol. The molecule has 15 heteroatoms. The van der Waals surface area contributed by atoms with Crippen LogP contribution in [0.2, 0.25) is 0 Å². The Kier molecular flexibility index (Phi) is 7.14. The standard InChI is InChI=1S/C26H23F3N8OS3/c1-2-36-12-18(25(27,28)29)34-22(36)16-5-3-14(4-6-16)11-37-23-17(10-33-37)9-30-21(35-23)19-20(15-7-8-15)31-13-32-24(19)38-26(39,40)41/h3-6,9-10,12-13,15,39-41H,2,7-8,11H2,1H3. The van der Waals surface area contributed by atoms with Crippen LogP contribution >= 0.6 is 37.9 Å². The van der Waals surface area contributed by atoms with Crippen LogP contribution in [0.1, 0.15) is 42.6 Å². The van der Waals surface area contributed by atoms with Gasteiger partial charge in [-0.1, -0.05) is 24.3 Å². The minimum Gasteiger partial charge on any atom is -0.441 e. The summed E-state index contributed by atoms with van der Waals surface area (Å²) in [6.45, 7) is 2.50. The van der Waals surface area contributed by atoms with E-state index in [1.54, 1.807) is 36.1 Å². The van der Waals surface area contributed by atoms with E-state index in [1.165, 1.54) is 10.9 Å². The van der Waals surface area contributed by atoms with Gasteiger partial charge >= 0.3 is 6.18 Å². The van der Waals surface area contributed by atoms with Crippen LogP contribution in [0.15, 0.2) is 49.2 Å². The van der Waals surface area contributed by atoms with Crippen molar-refractivity contribution in [3.63, 3.8) is 0 Å². The van der Waals surface area contributed by atoms with Gasteiger partial charge in [-0.15, -0.1) is 37.9 Å². The number of aryl methyl sites for hydroxylation is 1. The highest BCUT2D eigenvalue weighted by atomic mass is 32.2. The molecule has 6 rings (SSSR count). The fourth-order valence-corrected chi connectivity index (χ4v) is 4.78. The maximum absolute atomic E-state index is 13.2. The minimum atomic E-state index is -4.51. The Morgan fingerprint density at radius 2 is 1.76 bits per heavy atom. The number of aromatic nitrogens is 8. The first-order chi connectivity index (χ1) is 19.5. The van der Waals surface area contributed by atoms with Crippen molar-refractivity contribution >= 4 is 48.9 Å². The van der Waals surface area contributed by atoms with E-state index in [4.69, 9.17) is 9.72 Å². The maximum atomic E-state index is 13.2. The highest BCUT2D eigenvalue weighted by Crippen LogP contribution is 2.46. The molecular formula is C26H23F3N8OS3. The van der Waals surface area contributed by atoms with E-state index >= 15 is 0 Å². The second-order valence-electron chi connectivity index (χ2n) is 9.59. The summed E-state index contributed by atoms with van der Waals surface area (Å²) in [7, 11) is 0. The number of ether oxygens (including phenoxy) is 1. The molecule has 1 fully saturated rings. The van der Waals surface area contributed by atoms with Crippen LogP contribution in [-0.4, -0.2) is 42.9 Å². The number of imidazole rings is 1. The molecule has 1 saturated carbocycles. The van der Waals surface area contributed by atoms with Gasteiger partial charge in [0.25, 0.3) is 0 Å². The molecule has 0 radical (unpaired) electrons. The van der Waals surface area contributed by atoms with E-state index in [9.17, 15) is 13.2 Å². The van der Waals surface area contributed by atoms with Crippen LogP contribution in [0.25, 0.3) is 33.8 Å². The van der Waals surface area contributed by atoms with Gasteiger partial charge in [0.2, 0.25) is 9.48 Å². The number of thiol groups is 3. The number of benzene rings is 1. The van der Waals surface area contributed by atoms with Gasteiger partial charge in [-0.25, -0.2) is 29.6 Å². The summed E-state index contributed by atoms with van der Waals surface area (Å²) >= 11 is 12.7. The number of nitrogens with zero attached hydrogens (tertiary/aromatic N) is 8. The van der Waals surface area contributed by atoms with Gasteiger partial charge in [0.05, 0.1) is 23.8 Å². The van der Waals surface area contributed by atoms with Gasteiger partial charge in [0.15, 0.2) is 17.2 Å². The zero-order valence-electron chi connectivity index (χ0n) is 21.5. The summed E-state index contributed by atoms with van der Waals surface area (Å²) in [5.41, 5.74) is 2.47. The third kappa shape index (κ3) is 5.88. The van der Waals surface area contributed by atoms with E-state index in [1.807, 2.05) is 12.1 Å². The third-order valence-electron chi connectivity index (χ3n) is 6.59. The Labute approximate surface area is 248 Å². The Morgan fingerprint density at radius 3 is 2.41 bits per heavy atom. The number of alkyl halides is 3. The van der Waals surface area contributed by atoms with Gasteiger partial charge in [-0.2, -0.15) is 18.3 Å². The zero-order valence-corrected chi connectivity index (χ0v) is 24.2. The first-order valence-electron chi connectivity index (χ1n) is 12.6. The Morgan fingerprint density at radius 1 is 1.00 bits per heavy atom. The number of fused-ring (bicyclic) bond motifs is 1. The summed E-state index contributed by atoms with van der Waals surface area (Å²) in [6.07, 6.45) is 3.27. The highest BCUT2D eigenvalue weighted by molar-refractivity contribution is 8.16. The molecule has 0 unspecified atom stereocenters. The molecule has 0 N–H and O–H groups in total. The Hall–Kier alpha value is -3.30. The Balaban J connectivity index is 1.32. The topological polar surface area (TPSA) is 96.4 Å². The van der Waals surface area contributed by atoms with Crippen molar-refractivity contribution in [3.8, 4) is 28.7 Å². The summed E-state index contributed by atoms with van der Waals surface area (Å²) in [5, 5.41) is 5.22. The molecule has 4 aromatic heterocycles. The summed E-state index contributed by atoms with van der Waals surface area (Å²) in [4.78, 5) is 22.0. The van der Waals surface area contributed by atoms with Gasteiger partial charge in [0.1, 0.15) is 17.7 Å². The quantitative estimate of drug-likeness (QED) is 0.148. The first kappa shape index (κ1) is 27.8. The van der Waals surface area contributed by atoms with Gasteiger partial charge < -0.3 is 9.30 Å². The Bertz CT molecular complexity index is 1730. The lowest BCUT2D eigenvalue weighted by Crippen LogP contribution is -2.16. The van der Waals surface area contributed by atoms with Crippen LogP contribution in [0.4, 0.5) is 13.2 Å². The van der Waals surface area contributed by atoms with Gasteiger partial charge in [-0.05, 0) is 25.3 Å². The number of rotatable bonds is 8. The molecule has 9 nitrogen and oxygen atoms in total. The van der Waals surface area contributed by atoms with Crippen molar-refractivity contribution in [3.05, 3.63) is 66.1 Å². The van der Waals surface area contributed by atoms with Crippen molar-refractivity contribution in [2.75, 3.05) is 0 Å². The minimum absolute atomic E-state index is 0.224. The van der Waals surface area contributed by atoms with Crippen molar-refractivity contribution in [2.45, 2.75) is 48.5 Å². The summed E-state index contributed by atoms with van der Waals surface area (Å²) in [6, 6.07) is 7.17. The molecule has 5 aromatic rings. The SMILES string of the molecule is CCn1cc(C(F)(F)F)nc1-c1ccc(Cn2ncc3cnc(-c4c(OC(S)(S)S)ncnc4C4CC4)nc32)cc1. The molecule has 1 aliphatic rings. The fourth-order valence-electron chi connectivity index (χ4n) is 4.52. The van der Waals surface area contributed by atoms with E-state index in [-0.39, 0.29) is 17.6 Å². The molecule has 0 spiro atoms. The van der Waals surface area contributed by atoms with Crippen LogP contribution in [0.3, 0.4) is 0 Å². The first-order valence-corrected chi connectivity index (χ1v) is 14.0. The molecule has 212 valence electrons. The lowest BCUT2D eigenvalue weighted by atomic mass is 10.1. The largest absolute Gasteiger partial charge is 0.441 e. The molecule has 1 aliphatic carbocycles. The smallest absolute Gasteiger partial charge is 0.434 e. The van der Waals surface area contributed by atoms with Crippen molar-refractivity contribution in [1.29, 1.82) is 0 Å². The van der Waals surface area contributed by atoms with Crippen LogP contribution < -0.4 is 4.74 Å². The number of halogens is 3. The molecule has 1 aromatic carbocycles. The highest BCUT2D eigenvalue weighted by Gasteiger charge is 2.35. The van der Waals surface area contributed by atoms with Crippen molar-refractivity contribution in [2.24, 2.45) is 0 Å². The average molecular weight is 617 g/mol. The average Bonchev–Trinajstić information content (AvgIpc) is 3.55. The predicted octanol–water partition coefficient (Wildman–Crippen LogP) is 5.89. The zero-order chi connectivity index (χ0) is 28.9. The molecule has 0 saturated heterocycles. The van der Waals surface area contributed by atoms with E-state index in [2.05, 4.69) is 62.9 Å². The molecule has 0 bridgehead atoms. The molecule has 4 heterocycles. The molecule has 41 heavy (non-hydrogen) atoms. The van der Waals surface area contributed by atoms with Crippen LogP contribution in [-0.2, 0) is 19.3 Å². The van der Waals surface area contributed by atoms with Gasteiger partial charge in [-0.3, -0.25) is 0 Å². The van der Waals surface area contributed by atoms with E-state index in [0.717, 1.165) is 35.7 Å². The van der Waals surface area contributed by atoms with Crippen LogP contribution in [0, 0.1) is 0 Å². The van der Waals surface area contributed by atoms with E-state index in [0.29, 0.717) is 35.7 Å². The maximum Gasteiger partial charge on any atom is 0.434 e. The summed E-state index contributed by atoms with van der Waals surface area (Å²) in [5.74, 6) is 1.11. The van der Waals surface area contributed by atoms with Gasteiger partial charge in [0, 0.05) is 30.4 Å². The van der Waals surface area contributed by atoms with Crippen LogP contribution in [0.5, 0.6) is 5.88 Å². The number of hydrogen-bond donors (Lipinski definition) is 3. The lowest BCUT2D eigenvalue weighted by Gasteiger charge is -2.20. The second kappa shape index (κ2) is 10.5.